The van der Waals surface area contributed by atoms with Crippen LogP contribution in [0, 0.1) is 0 Å². The summed E-state index contributed by atoms with van der Waals surface area (Å²) in [4.78, 5) is 0. The maximum atomic E-state index is 5.36. The van der Waals surface area contributed by atoms with E-state index in [9.17, 15) is 0 Å². The van der Waals surface area contributed by atoms with Crippen LogP contribution in [0.5, 0.6) is 0 Å². The molecule has 0 bridgehead atoms. The third-order valence-electron chi connectivity index (χ3n) is 1.60. The standard InChI is InChI=1S/C10H21NO2/c1-3-4-5-8-13-10-7-11-6-9-12-2/h3,11H,1,4-10H2,2H3. The van der Waals surface area contributed by atoms with Crippen molar-refractivity contribution in [3.8, 4) is 0 Å². The van der Waals surface area contributed by atoms with Gasteiger partial charge in [0, 0.05) is 26.8 Å². The highest BCUT2D eigenvalue weighted by molar-refractivity contribution is 4.64. The highest BCUT2D eigenvalue weighted by atomic mass is 16.5. The summed E-state index contributed by atoms with van der Waals surface area (Å²) >= 11 is 0. The molecule has 13 heavy (non-hydrogen) atoms. The Hall–Kier alpha value is -0.380. The van der Waals surface area contributed by atoms with Crippen molar-refractivity contribution in [1.82, 2.24) is 5.32 Å². The minimum atomic E-state index is 0.760. The Kier molecular flexibility index (Phi) is 11.3. The minimum absolute atomic E-state index is 0.760. The molecule has 0 unspecified atom stereocenters. The van der Waals surface area contributed by atoms with E-state index in [1.54, 1.807) is 7.11 Å². The lowest BCUT2D eigenvalue weighted by Gasteiger charge is -2.04. The van der Waals surface area contributed by atoms with E-state index in [1.807, 2.05) is 6.08 Å². The van der Waals surface area contributed by atoms with Gasteiger partial charge in [-0.1, -0.05) is 6.08 Å². The maximum Gasteiger partial charge on any atom is 0.0590 e. The number of rotatable bonds is 10. The Labute approximate surface area is 81.1 Å². The van der Waals surface area contributed by atoms with Crippen molar-refractivity contribution in [1.29, 1.82) is 0 Å². The number of ether oxygens (including phenoxy) is 2. The number of unbranched alkanes of at least 4 members (excludes halogenated alkanes) is 1. The lowest BCUT2D eigenvalue weighted by molar-refractivity contribution is 0.131. The van der Waals surface area contributed by atoms with Crippen LogP contribution < -0.4 is 5.32 Å². The van der Waals surface area contributed by atoms with Gasteiger partial charge >= 0.3 is 0 Å². The second-order valence-corrected chi connectivity index (χ2v) is 2.79. The van der Waals surface area contributed by atoms with Crippen LogP contribution in [0.2, 0.25) is 0 Å². The molecule has 0 radical (unpaired) electrons. The highest BCUT2D eigenvalue weighted by Gasteiger charge is 1.88. The smallest absolute Gasteiger partial charge is 0.0590 e. The predicted molar refractivity (Wildman–Crippen MR) is 55.0 cm³/mol. The van der Waals surface area contributed by atoms with E-state index in [2.05, 4.69) is 11.9 Å². The molecule has 0 fully saturated rings. The van der Waals surface area contributed by atoms with Gasteiger partial charge in [0.1, 0.15) is 0 Å². The zero-order valence-electron chi connectivity index (χ0n) is 8.55. The Bertz CT molecular complexity index is 107. The fourth-order valence-electron chi connectivity index (χ4n) is 0.875. The molecule has 0 aromatic heterocycles. The van der Waals surface area contributed by atoms with Gasteiger partial charge < -0.3 is 14.8 Å². The summed E-state index contributed by atoms with van der Waals surface area (Å²) in [5, 5.41) is 3.21. The van der Waals surface area contributed by atoms with Crippen LogP contribution in [0.25, 0.3) is 0 Å². The summed E-state index contributed by atoms with van der Waals surface area (Å²) < 4.78 is 10.3. The van der Waals surface area contributed by atoms with Gasteiger partial charge in [-0.3, -0.25) is 0 Å². The largest absolute Gasteiger partial charge is 0.383 e. The average Bonchev–Trinajstić information content (AvgIpc) is 2.16. The van der Waals surface area contributed by atoms with Crippen LogP contribution in [0.3, 0.4) is 0 Å². The lowest BCUT2D eigenvalue weighted by Crippen LogP contribution is -2.23. The first kappa shape index (κ1) is 12.6. The van der Waals surface area contributed by atoms with Crippen molar-refractivity contribution >= 4 is 0 Å². The van der Waals surface area contributed by atoms with Gasteiger partial charge in [0.05, 0.1) is 13.2 Å². The molecule has 0 aromatic rings. The van der Waals surface area contributed by atoms with Crippen LogP contribution in [-0.2, 0) is 9.47 Å². The van der Waals surface area contributed by atoms with Crippen molar-refractivity contribution in [2.24, 2.45) is 0 Å². The quantitative estimate of drug-likeness (QED) is 0.412. The van der Waals surface area contributed by atoms with Crippen molar-refractivity contribution < 1.29 is 9.47 Å². The van der Waals surface area contributed by atoms with Gasteiger partial charge in [-0.15, -0.1) is 6.58 Å². The molecule has 0 saturated carbocycles. The monoisotopic (exact) mass is 187 g/mol. The summed E-state index contributed by atoms with van der Waals surface area (Å²) in [6.07, 6.45) is 4.03. The molecule has 0 amide bonds. The highest BCUT2D eigenvalue weighted by Crippen LogP contribution is 1.89. The SMILES string of the molecule is C=CCCCOCCNCCOC. The maximum absolute atomic E-state index is 5.36. The summed E-state index contributed by atoms with van der Waals surface area (Å²) in [6.45, 7) is 7.81. The minimum Gasteiger partial charge on any atom is -0.383 e. The molecule has 0 aromatic carbocycles. The lowest BCUT2D eigenvalue weighted by atomic mass is 10.3. The molecule has 1 N–H and O–H groups in total. The van der Waals surface area contributed by atoms with E-state index in [4.69, 9.17) is 9.47 Å². The van der Waals surface area contributed by atoms with Gasteiger partial charge in [-0.25, -0.2) is 0 Å². The Morgan fingerprint density at radius 1 is 1.23 bits per heavy atom. The fraction of sp³-hybridized carbons (Fsp3) is 0.800. The molecule has 0 rings (SSSR count). The molecule has 0 aliphatic carbocycles. The molecule has 0 saturated heterocycles. The number of hydrogen-bond donors (Lipinski definition) is 1. The fourth-order valence-corrected chi connectivity index (χ4v) is 0.875. The molecular weight excluding hydrogens is 166 g/mol. The van der Waals surface area contributed by atoms with E-state index in [0.29, 0.717) is 0 Å². The van der Waals surface area contributed by atoms with Gasteiger partial charge in [-0.05, 0) is 12.8 Å². The van der Waals surface area contributed by atoms with E-state index in [0.717, 1.165) is 45.8 Å². The average molecular weight is 187 g/mol. The van der Waals surface area contributed by atoms with E-state index in [-0.39, 0.29) is 0 Å². The van der Waals surface area contributed by atoms with E-state index < -0.39 is 0 Å². The molecule has 0 aliphatic heterocycles. The first-order chi connectivity index (χ1) is 6.41. The van der Waals surface area contributed by atoms with Crippen LogP contribution in [-0.4, -0.2) is 40.0 Å². The topological polar surface area (TPSA) is 30.5 Å². The van der Waals surface area contributed by atoms with Crippen LogP contribution in [0.4, 0.5) is 0 Å². The zero-order chi connectivity index (χ0) is 9.78. The van der Waals surface area contributed by atoms with Crippen molar-refractivity contribution in [3.63, 3.8) is 0 Å². The first-order valence-electron chi connectivity index (χ1n) is 4.80. The van der Waals surface area contributed by atoms with Crippen LogP contribution >= 0.6 is 0 Å². The van der Waals surface area contributed by atoms with Crippen LogP contribution in [0.1, 0.15) is 12.8 Å². The molecule has 3 nitrogen and oxygen atoms in total. The molecule has 0 heterocycles. The van der Waals surface area contributed by atoms with Gasteiger partial charge in [0.15, 0.2) is 0 Å². The Morgan fingerprint density at radius 2 is 2.00 bits per heavy atom. The summed E-state index contributed by atoms with van der Waals surface area (Å²) in [7, 11) is 1.70. The molecule has 3 heteroatoms. The number of methoxy groups -OCH3 is 1. The van der Waals surface area contributed by atoms with Gasteiger partial charge in [-0.2, -0.15) is 0 Å². The number of hydrogen-bond acceptors (Lipinski definition) is 3. The van der Waals surface area contributed by atoms with Crippen LogP contribution in [0.15, 0.2) is 12.7 Å². The normalized spacial score (nSPS) is 10.2. The van der Waals surface area contributed by atoms with Crippen molar-refractivity contribution in [3.05, 3.63) is 12.7 Å². The first-order valence-corrected chi connectivity index (χ1v) is 4.80. The predicted octanol–water partition coefficient (Wildman–Crippen LogP) is 1.21. The van der Waals surface area contributed by atoms with E-state index in [1.165, 1.54) is 0 Å². The summed E-state index contributed by atoms with van der Waals surface area (Å²) in [5.74, 6) is 0. The van der Waals surface area contributed by atoms with Crippen molar-refractivity contribution in [2.75, 3.05) is 40.0 Å². The number of allylic oxidation sites excluding steroid dienone is 1. The second kappa shape index (κ2) is 11.6. The van der Waals surface area contributed by atoms with Gasteiger partial charge in [0.2, 0.25) is 0 Å². The second-order valence-electron chi connectivity index (χ2n) is 2.79. The number of nitrogens with one attached hydrogen (secondary N) is 1. The summed E-state index contributed by atoms with van der Waals surface area (Å²) in [5.41, 5.74) is 0. The summed E-state index contributed by atoms with van der Waals surface area (Å²) in [6, 6.07) is 0. The van der Waals surface area contributed by atoms with Gasteiger partial charge in [0.25, 0.3) is 0 Å². The molecule has 0 aliphatic rings. The molecular formula is C10H21NO2. The molecule has 0 atom stereocenters. The third-order valence-corrected chi connectivity index (χ3v) is 1.60. The Morgan fingerprint density at radius 3 is 2.69 bits per heavy atom. The zero-order valence-corrected chi connectivity index (χ0v) is 8.55. The van der Waals surface area contributed by atoms with Crippen molar-refractivity contribution in [2.45, 2.75) is 12.8 Å². The van der Waals surface area contributed by atoms with E-state index >= 15 is 0 Å². The molecule has 78 valence electrons. The third kappa shape index (κ3) is 11.6. The Balaban J connectivity index is 2.79. The molecule has 0 spiro atoms.